The van der Waals surface area contributed by atoms with Crippen molar-refractivity contribution >= 4 is 35.1 Å². The van der Waals surface area contributed by atoms with Crippen LogP contribution in [0.4, 0.5) is 0 Å². The fourth-order valence-corrected chi connectivity index (χ4v) is 2.91. The predicted molar refractivity (Wildman–Crippen MR) is 97.9 cm³/mol. The average molecular weight is 390 g/mol. The Morgan fingerprint density at radius 3 is 2.50 bits per heavy atom. The first-order valence-corrected chi connectivity index (χ1v) is 8.29. The standard InChI is InChI=1S/C18H13Cl2N3O3/c19-12-6-7-15(13(20)8-12)23-9-14(21-10-23)17(24)22-16(18(25)26)11-4-2-1-3-5-11/h1-10,16H,(H,22,24)(H,25,26). The molecule has 0 saturated heterocycles. The SMILES string of the molecule is O=C(NC(C(=O)O)c1ccccc1)c1cn(-c2ccc(Cl)cc2Cl)cn1. The fraction of sp³-hybridized carbons (Fsp3) is 0.0556. The minimum absolute atomic E-state index is 0.0678. The number of nitrogens with zero attached hydrogens (tertiary/aromatic N) is 2. The maximum Gasteiger partial charge on any atom is 0.330 e. The van der Waals surface area contributed by atoms with Crippen molar-refractivity contribution in [1.29, 1.82) is 0 Å². The average Bonchev–Trinajstić information content (AvgIpc) is 3.10. The van der Waals surface area contributed by atoms with Gasteiger partial charge in [-0.15, -0.1) is 0 Å². The Morgan fingerprint density at radius 2 is 1.85 bits per heavy atom. The Labute approximate surface area is 159 Å². The molecular weight excluding hydrogens is 377 g/mol. The molecule has 1 unspecified atom stereocenters. The second-order valence-electron chi connectivity index (χ2n) is 5.42. The lowest BCUT2D eigenvalue weighted by Crippen LogP contribution is -2.33. The van der Waals surface area contributed by atoms with Crippen molar-refractivity contribution in [2.24, 2.45) is 0 Å². The molecular formula is C18H13Cl2N3O3. The van der Waals surface area contributed by atoms with Crippen molar-refractivity contribution in [3.05, 3.63) is 82.4 Å². The van der Waals surface area contributed by atoms with Gasteiger partial charge in [-0.1, -0.05) is 53.5 Å². The lowest BCUT2D eigenvalue weighted by molar-refractivity contribution is -0.139. The van der Waals surface area contributed by atoms with Crippen LogP contribution < -0.4 is 5.32 Å². The molecule has 3 rings (SSSR count). The number of nitrogens with one attached hydrogen (secondary N) is 1. The highest BCUT2D eigenvalue weighted by molar-refractivity contribution is 6.35. The number of benzene rings is 2. The van der Waals surface area contributed by atoms with Gasteiger partial charge in [-0.05, 0) is 23.8 Å². The van der Waals surface area contributed by atoms with Crippen LogP contribution in [0.15, 0.2) is 61.1 Å². The molecule has 0 aliphatic carbocycles. The Kier molecular flexibility index (Phi) is 5.25. The van der Waals surface area contributed by atoms with Crippen LogP contribution >= 0.6 is 23.2 Å². The van der Waals surface area contributed by atoms with Gasteiger partial charge in [-0.25, -0.2) is 9.78 Å². The zero-order valence-corrected chi connectivity index (χ0v) is 14.8. The van der Waals surface area contributed by atoms with Crippen molar-refractivity contribution < 1.29 is 14.7 Å². The maximum atomic E-state index is 12.4. The van der Waals surface area contributed by atoms with Crippen LogP contribution in [0, 0.1) is 0 Å². The van der Waals surface area contributed by atoms with Crippen molar-refractivity contribution in [3.63, 3.8) is 0 Å². The van der Waals surface area contributed by atoms with E-state index in [0.29, 0.717) is 21.3 Å². The van der Waals surface area contributed by atoms with Crippen LogP contribution in [0.2, 0.25) is 10.0 Å². The Balaban J connectivity index is 1.82. The molecule has 0 spiro atoms. The lowest BCUT2D eigenvalue weighted by Gasteiger charge is -2.13. The zero-order valence-electron chi connectivity index (χ0n) is 13.3. The molecule has 0 aliphatic rings. The van der Waals surface area contributed by atoms with Crippen molar-refractivity contribution in [2.45, 2.75) is 6.04 Å². The summed E-state index contributed by atoms with van der Waals surface area (Å²) in [6, 6.07) is 12.2. The molecule has 0 fully saturated rings. The van der Waals surface area contributed by atoms with Gasteiger partial charge in [0.1, 0.15) is 12.0 Å². The summed E-state index contributed by atoms with van der Waals surface area (Å²) in [5, 5.41) is 12.8. The molecule has 132 valence electrons. The lowest BCUT2D eigenvalue weighted by atomic mass is 10.1. The summed E-state index contributed by atoms with van der Waals surface area (Å²) >= 11 is 12.0. The smallest absolute Gasteiger partial charge is 0.330 e. The molecule has 8 heteroatoms. The van der Waals surface area contributed by atoms with E-state index < -0.39 is 17.9 Å². The molecule has 1 heterocycles. The van der Waals surface area contributed by atoms with E-state index in [1.807, 2.05) is 0 Å². The summed E-state index contributed by atoms with van der Waals surface area (Å²) in [6.07, 6.45) is 2.89. The zero-order chi connectivity index (χ0) is 18.7. The Bertz CT molecular complexity index is 957. The first kappa shape index (κ1) is 18.0. The second kappa shape index (κ2) is 7.59. The van der Waals surface area contributed by atoms with E-state index >= 15 is 0 Å². The number of carboxylic acids is 1. The Hall–Kier alpha value is -2.83. The van der Waals surface area contributed by atoms with Gasteiger partial charge < -0.3 is 15.0 Å². The molecule has 1 aromatic heterocycles. The summed E-state index contributed by atoms with van der Waals surface area (Å²) < 4.78 is 1.56. The van der Waals surface area contributed by atoms with Gasteiger partial charge in [0.25, 0.3) is 5.91 Å². The van der Waals surface area contributed by atoms with E-state index in [1.54, 1.807) is 53.1 Å². The molecule has 1 amide bonds. The number of carbonyl (C=O) groups excluding carboxylic acids is 1. The van der Waals surface area contributed by atoms with Gasteiger partial charge in [0.15, 0.2) is 6.04 Å². The third-order valence-corrected chi connectivity index (χ3v) is 4.20. The van der Waals surface area contributed by atoms with Gasteiger partial charge in [-0.2, -0.15) is 0 Å². The number of hydrogen-bond donors (Lipinski definition) is 2. The van der Waals surface area contributed by atoms with Crippen LogP contribution in [-0.2, 0) is 4.79 Å². The fourth-order valence-electron chi connectivity index (χ4n) is 2.40. The van der Waals surface area contributed by atoms with Crippen molar-refractivity contribution in [1.82, 2.24) is 14.9 Å². The second-order valence-corrected chi connectivity index (χ2v) is 6.26. The van der Waals surface area contributed by atoms with Crippen LogP contribution in [0.3, 0.4) is 0 Å². The van der Waals surface area contributed by atoms with Gasteiger partial charge in [0.2, 0.25) is 0 Å². The van der Waals surface area contributed by atoms with E-state index in [4.69, 9.17) is 23.2 Å². The predicted octanol–water partition coefficient (Wildman–Crippen LogP) is 3.73. The normalized spacial score (nSPS) is 11.8. The summed E-state index contributed by atoms with van der Waals surface area (Å²) in [6.45, 7) is 0. The van der Waals surface area contributed by atoms with Crippen LogP contribution in [0.25, 0.3) is 5.69 Å². The molecule has 26 heavy (non-hydrogen) atoms. The number of carbonyl (C=O) groups is 2. The first-order valence-electron chi connectivity index (χ1n) is 7.54. The van der Waals surface area contributed by atoms with Gasteiger partial charge in [-0.3, -0.25) is 4.79 Å². The highest BCUT2D eigenvalue weighted by Gasteiger charge is 2.23. The minimum Gasteiger partial charge on any atom is -0.479 e. The minimum atomic E-state index is -1.17. The van der Waals surface area contributed by atoms with Crippen LogP contribution in [-0.4, -0.2) is 26.5 Å². The van der Waals surface area contributed by atoms with E-state index in [2.05, 4.69) is 10.3 Å². The number of aliphatic carboxylic acids is 1. The number of hydrogen-bond acceptors (Lipinski definition) is 3. The van der Waals surface area contributed by atoms with E-state index in [1.165, 1.54) is 12.5 Å². The number of rotatable bonds is 5. The van der Waals surface area contributed by atoms with Gasteiger partial charge >= 0.3 is 5.97 Å². The van der Waals surface area contributed by atoms with E-state index in [9.17, 15) is 14.7 Å². The number of imidazole rings is 1. The molecule has 3 aromatic rings. The first-order chi connectivity index (χ1) is 12.5. The van der Waals surface area contributed by atoms with Crippen LogP contribution in [0.5, 0.6) is 0 Å². The molecule has 2 N–H and O–H groups in total. The number of amides is 1. The van der Waals surface area contributed by atoms with Crippen LogP contribution in [0.1, 0.15) is 22.1 Å². The summed E-state index contributed by atoms with van der Waals surface area (Å²) in [5.41, 5.74) is 1.13. The third-order valence-electron chi connectivity index (χ3n) is 3.66. The van der Waals surface area contributed by atoms with E-state index in [0.717, 1.165) is 0 Å². The highest BCUT2D eigenvalue weighted by atomic mass is 35.5. The molecule has 0 saturated carbocycles. The van der Waals surface area contributed by atoms with Crippen molar-refractivity contribution in [3.8, 4) is 5.69 Å². The quantitative estimate of drug-likeness (QED) is 0.695. The van der Waals surface area contributed by atoms with E-state index in [-0.39, 0.29) is 5.69 Å². The van der Waals surface area contributed by atoms with Gasteiger partial charge in [0.05, 0.1) is 10.7 Å². The van der Waals surface area contributed by atoms with Gasteiger partial charge in [0, 0.05) is 11.2 Å². The molecule has 2 aromatic carbocycles. The third kappa shape index (κ3) is 3.87. The Morgan fingerprint density at radius 1 is 1.12 bits per heavy atom. The number of halogens is 2. The molecule has 1 atom stereocenters. The maximum absolute atomic E-state index is 12.4. The number of aromatic nitrogens is 2. The van der Waals surface area contributed by atoms with Crippen molar-refractivity contribution in [2.75, 3.05) is 0 Å². The molecule has 6 nitrogen and oxygen atoms in total. The summed E-state index contributed by atoms with van der Waals surface area (Å²) in [7, 11) is 0. The largest absolute Gasteiger partial charge is 0.479 e. The molecule has 0 bridgehead atoms. The molecule has 0 radical (unpaired) electrons. The summed E-state index contributed by atoms with van der Waals surface area (Å²) in [5.74, 6) is -1.77. The summed E-state index contributed by atoms with van der Waals surface area (Å²) in [4.78, 5) is 27.9. The highest BCUT2D eigenvalue weighted by Crippen LogP contribution is 2.24. The topological polar surface area (TPSA) is 84.2 Å². The number of carboxylic acid groups (broad SMARTS) is 1. The monoisotopic (exact) mass is 389 g/mol. The molecule has 0 aliphatic heterocycles.